The molecule has 0 unspecified atom stereocenters. The molecule has 1 amide bonds. The number of likely N-dealkylation sites (tertiary alicyclic amines) is 1. The summed E-state index contributed by atoms with van der Waals surface area (Å²) in [6.45, 7) is 6.83. The number of rotatable bonds is 3. The molecular weight excluding hydrogens is 413 g/mol. The molecule has 30 heavy (non-hydrogen) atoms. The fourth-order valence-electron chi connectivity index (χ4n) is 3.86. The van der Waals surface area contributed by atoms with Crippen molar-refractivity contribution in [3.05, 3.63) is 50.6 Å². The van der Waals surface area contributed by atoms with Crippen molar-refractivity contribution < 1.29 is 18.0 Å². The van der Waals surface area contributed by atoms with Gasteiger partial charge in [-0.15, -0.1) is 11.3 Å². The van der Waals surface area contributed by atoms with Crippen LogP contribution >= 0.6 is 11.3 Å². The predicted octanol–water partition coefficient (Wildman–Crippen LogP) is 5.01. The van der Waals surface area contributed by atoms with Gasteiger partial charge < -0.3 is 4.90 Å². The summed E-state index contributed by atoms with van der Waals surface area (Å²) in [6, 6.07) is 4.59. The molecule has 4 heterocycles. The second-order valence-electron chi connectivity index (χ2n) is 7.76. The third-order valence-corrected chi connectivity index (χ3v) is 6.80. The van der Waals surface area contributed by atoms with Crippen LogP contribution in [-0.2, 0) is 12.6 Å². The van der Waals surface area contributed by atoms with Gasteiger partial charge in [0.1, 0.15) is 5.69 Å². The molecule has 0 spiro atoms. The van der Waals surface area contributed by atoms with E-state index in [9.17, 15) is 18.0 Å². The standard InChI is InChI=1S/C21H23F3N4OS/c1-4-15-9-18(21(22,23)24)28-19(25-15)10-16(26-28)14-6-5-7-27(11-14)20(29)17-8-12(2)13(3)30-17/h8-10,14H,4-7,11H2,1-3H3/t14-/m1/s1. The molecule has 0 saturated carbocycles. The summed E-state index contributed by atoms with van der Waals surface area (Å²) >= 11 is 1.48. The van der Waals surface area contributed by atoms with E-state index in [0.717, 1.165) is 33.9 Å². The molecule has 1 atom stereocenters. The summed E-state index contributed by atoms with van der Waals surface area (Å²) < 4.78 is 41.5. The van der Waals surface area contributed by atoms with Crippen molar-refractivity contribution in [3.8, 4) is 0 Å². The van der Waals surface area contributed by atoms with Crippen LogP contribution in [0.3, 0.4) is 0 Å². The molecule has 160 valence electrons. The van der Waals surface area contributed by atoms with E-state index in [1.54, 1.807) is 17.9 Å². The zero-order chi connectivity index (χ0) is 21.6. The number of hydrogen-bond acceptors (Lipinski definition) is 4. The Kier molecular flexibility index (Phi) is 5.34. The lowest BCUT2D eigenvalue weighted by molar-refractivity contribution is -0.142. The Hall–Kier alpha value is -2.42. The average molecular weight is 437 g/mol. The number of alkyl halides is 3. The van der Waals surface area contributed by atoms with E-state index in [2.05, 4.69) is 10.1 Å². The molecule has 9 heteroatoms. The van der Waals surface area contributed by atoms with E-state index in [-0.39, 0.29) is 17.5 Å². The quantitative estimate of drug-likeness (QED) is 0.580. The lowest BCUT2D eigenvalue weighted by Gasteiger charge is -2.31. The molecule has 0 N–H and O–H groups in total. The maximum Gasteiger partial charge on any atom is 0.433 e. The van der Waals surface area contributed by atoms with Gasteiger partial charge in [0.2, 0.25) is 0 Å². The highest BCUT2D eigenvalue weighted by atomic mass is 32.1. The summed E-state index contributed by atoms with van der Waals surface area (Å²) in [4.78, 5) is 20.9. The number of thiophene rings is 1. The van der Waals surface area contributed by atoms with E-state index in [0.29, 0.717) is 35.8 Å². The smallest absolute Gasteiger partial charge is 0.337 e. The van der Waals surface area contributed by atoms with Crippen LogP contribution in [0, 0.1) is 13.8 Å². The maximum absolute atomic E-state index is 13.5. The summed E-state index contributed by atoms with van der Waals surface area (Å²) in [7, 11) is 0. The molecule has 1 fully saturated rings. The second-order valence-corrected chi connectivity index (χ2v) is 9.02. The van der Waals surface area contributed by atoms with Crippen LogP contribution in [0.15, 0.2) is 18.2 Å². The fourth-order valence-corrected chi connectivity index (χ4v) is 4.87. The van der Waals surface area contributed by atoms with E-state index >= 15 is 0 Å². The number of aryl methyl sites for hydroxylation is 3. The summed E-state index contributed by atoms with van der Waals surface area (Å²) in [5.41, 5.74) is 1.41. The molecule has 1 aliphatic heterocycles. The fraction of sp³-hybridized carbons (Fsp3) is 0.476. The number of amides is 1. The van der Waals surface area contributed by atoms with Gasteiger partial charge in [0.15, 0.2) is 5.65 Å². The van der Waals surface area contributed by atoms with Crippen molar-refractivity contribution in [2.75, 3.05) is 13.1 Å². The number of halogens is 3. The van der Waals surface area contributed by atoms with Gasteiger partial charge in [-0.2, -0.15) is 18.3 Å². The maximum atomic E-state index is 13.5. The van der Waals surface area contributed by atoms with E-state index in [1.807, 2.05) is 19.9 Å². The zero-order valence-electron chi connectivity index (χ0n) is 17.1. The molecule has 1 aliphatic rings. The highest BCUT2D eigenvalue weighted by Crippen LogP contribution is 2.33. The molecule has 0 aromatic carbocycles. The van der Waals surface area contributed by atoms with E-state index < -0.39 is 11.9 Å². The van der Waals surface area contributed by atoms with Crippen LogP contribution in [0.1, 0.15) is 62.9 Å². The number of fused-ring (bicyclic) bond motifs is 1. The number of carbonyl (C=O) groups is 1. The first-order valence-electron chi connectivity index (χ1n) is 10.0. The number of aromatic nitrogens is 3. The Bertz CT molecular complexity index is 1080. The predicted molar refractivity (Wildman–Crippen MR) is 109 cm³/mol. The van der Waals surface area contributed by atoms with Crippen molar-refractivity contribution in [2.45, 2.75) is 52.1 Å². The highest BCUT2D eigenvalue weighted by Gasteiger charge is 2.36. The minimum atomic E-state index is -4.52. The van der Waals surface area contributed by atoms with Crippen molar-refractivity contribution >= 4 is 22.9 Å². The molecule has 1 saturated heterocycles. The monoisotopic (exact) mass is 436 g/mol. The first kappa shape index (κ1) is 20.8. The zero-order valence-corrected chi connectivity index (χ0v) is 17.9. The van der Waals surface area contributed by atoms with Crippen molar-refractivity contribution in [1.29, 1.82) is 0 Å². The SMILES string of the molecule is CCc1cc(C(F)(F)F)n2nc([C@@H]3CCCN(C(=O)c4cc(C)c(C)s4)C3)cc2n1. The van der Waals surface area contributed by atoms with E-state index in [1.165, 1.54) is 11.3 Å². The summed E-state index contributed by atoms with van der Waals surface area (Å²) in [5, 5.41) is 4.26. The molecule has 4 rings (SSSR count). The molecule has 5 nitrogen and oxygen atoms in total. The number of hydrogen-bond donors (Lipinski definition) is 0. The molecule has 0 radical (unpaired) electrons. The van der Waals surface area contributed by atoms with Crippen LogP contribution in [0.5, 0.6) is 0 Å². The number of piperidine rings is 1. The Morgan fingerprint density at radius 2 is 2.03 bits per heavy atom. The van der Waals surface area contributed by atoms with Gasteiger partial charge in [0.25, 0.3) is 5.91 Å². The Morgan fingerprint density at radius 3 is 2.67 bits per heavy atom. The third-order valence-electron chi connectivity index (χ3n) is 5.66. The highest BCUT2D eigenvalue weighted by molar-refractivity contribution is 7.14. The van der Waals surface area contributed by atoms with Crippen LogP contribution in [0.2, 0.25) is 0 Å². The molecule has 0 aliphatic carbocycles. The van der Waals surface area contributed by atoms with Crippen LogP contribution < -0.4 is 0 Å². The van der Waals surface area contributed by atoms with Crippen molar-refractivity contribution in [3.63, 3.8) is 0 Å². The second kappa shape index (κ2) is 7.68. The van der Waals surface area contributed by atoms with Crippen molar-refractivity contribution in [1.82, 2.24) is 19.5 Å². The summed E-state index contributed by atoms with van der Waals surface area (Å²) in [6.07, 6.45) is -2.55. The topological polar surface area (TPSA) is 50.5 Å². The Balaban J connectivity index is 1.64. The van der Waals surface area contributed by atoms with Gasteiger partial charge in [-0.1, -0.05) is 6.92 Å². The van der Waals surface area contributed by atoms with Gasteiger partial charge in [-0.25, -0.2) is 9.50 Å². The number of nitrogens with zero attached hydrogens (tertiary/aromatic N) is 4. The molecule has 0 bridgehead atoms. The average Bonchev–Trinajstić information content (AvgIpc) is 3.29. The van der Waals surface area contributed by atoms with Crippen LogP contribution in [0.25, 0.3) is 5.65 Å². The first-order valence-corrected chi connectivity index (χ1v) is 10.8. The number of carbonyl (C=O) groups excluding carboxylic acids is 1. The minimum Gasteiger partial charge on any atom is -0.337 e. The van der Waals surface area contributed by atoms with Gasteiger partial charge >= 0.3 is 6.18 Å². The van der Waals surface area contributed by atoms with Gasteiger partial charge in [0, 0.05) is 35.6 Å². The Morgan fingerprint density at radius 1 is 1.27 bits per heavy atom. The lowest BCUT2D eigenvalue weighted by Crippen LogP contribution is -2.38. The van der Waals surface area contributed by atoms with Crippen LogP contribution in [-0.4, -0.2) is 38.5 Å². The Labute approximate surface area is 176 Å². The first-order chi connectivity index (χ1) is 14.2. The van der Waals surface area contributed by atoms with E-state index in [4.69, 9.17) is 0 Å². The summed E-state index contributed by atoms with van der Waals surface area (Å²) in [5.74, 6) is -0.134. The molecule has 3 aromatic heterocycles. The van der Waals surface area contributed by atoms with Gasteiger partial charge in [0.05, 0.1) is 10.6 Å². The largest absolute Gasteiger partial charge is 0.433 e. The molecule has 3 aromatic rings. The lowest BCUT2D eigenvalue weighted by atomic mass is 9.95. The van der Waals surface area contributed by atoms with Gasteiger partial charge in [-0.3, -0.25) is 4.79 Å². The third kappa shape index (κ3) is 3.82. The normalized spacial score (nSPS) is 17.7. The minimum absolute atomic E-state index is 0.0213. The molecular formula is C21H23F3N4OS. The van der Waals surface area contributed by atoms with Crippen LogP contribution in [0.4, 0.5) is 13.2 Å². The van der Waals surface area contributed by atoms with Gasteiger partial charge in [-0.05, 0) is 50.8 Å². The van der Waals surface area contributed by atoms with Crippen molar-refractivity contribution in [2.24, 2.45) is 0 Å².